The van der Waals surface area contributed by atoms with Crippen LogP contribution in [0.4, 0.5) is 0 Å². The van der Waals surface area contributed by atoms with Crippen molar-refractivity contribution in [3.05, 3.63) is 60.2 Å². The summed E-state index contributed by atoms with van der Waals surface area (Å²) in [7, 11) is 0. The molecule has 2 aromatic rings. The first-order valence-electron chi connectivity index (χ1n) is 5.14. The topological polar surface area (TPSA) is 9.23 Å². The fourth-order valence-corrected chi connectivity index (χ4v) is 1.42. The SMILES string of the molecule is C#CCc1ccc(Oc2ccccc2)cc1. The lowest BCUT2D eigenvalue weighted by Gasteiger charge is -2.05. The Kier molecular flexibility index (Phi) is 3.25. The molecule has 0 aromatic heterocycles. The van der Waals surface area contributed by atoms with Gasteiger partial charge in [0.05, 0.1) is 0 Å². The van der Waals surface area contributed by atoms with Gasteiger partial charge in [0.1, 0.15) is 11.5 Å². The average Bonchev–Trinajstić information content (AvgIpc) is 2.33. The van der Waals surface area contributed by atoms with Crippen molar-refractivity contribution in [2.45, 2.75) is 6.42 Å². The lowest BCUT2D eigenvalue weighted by atomic mass is 10.1. The minimum absolute atomic E-state index is 0.658. The lowest BCUT2D eigenvalue weighted by Crippen LogP contribution is -1.85. The largest absolute Gasteiger partial charge is 0.457 e. The van der Waals surface area contributed by atoms with Crippen LogP contribution in [0.2, 0.25) is 0 Å². The van der Waals surface area contributed by atoms with Gasteiger partial charge in [0, 0.05) is 6.42 Å². The van der Waals surface area contributed by atoms with Crippen molar-refractivity contribution in [2.75, 3.05) is 0 Å². The predicted molar refractivity (Wildman–Crippen MR) is 65.5 cm³/mol. The van der Waals surface area contributed by atoms with Gasteiger partial charge >= 0.3 is 0 Å². The van der Waals surface area contributed by atoms with E-state index in [4.69, 9.17) is 11.2 Å². The van der Waals surface area contributed by atoms with Crippen LogP contribution in [0.1, 0.15) is 5.56 Å². The van der Waals surface area contributed by atoms with Crippen molar-refractivity contribution < 1.29 is 4.74 Å². The zero-order valence-corrected chi connectivity index (χ0v) is 8.89. The Hall–Kier alpha value is -2.20. The molecule has 1 heteroatoms. The Bertz CT molecular complexity index is 477. The molecular formula is C15H12O. The highest BCUT2D eigenvalue weighted by Crippen LogP contribution is 2.20. The third-order valence-corrected chi connectivity index (χ3v) is 2.21. The second-order valence-electron chi connectivity index (χ2n) is 3.44. The molecule has 2 aromatic carbocycles. The summed E-state index contributed by atoms with van der Waals surface area (Å²) >= 11 is 0. The van der Waals surface area contributed by atoms with Crippen LogP contribution in [0.5, 0.6) is 11.5 Å². The summed E-state index contributed by atoms with van der Waals surface area (Å²) in [5.74, 6) is 4.28. The molecule has 0 heterocycles. The first-order valence-corrected chi connectivity index (χ1v) is 5.14. The number of benzene rings is 2. The Labute approximate surface area is 95.7 Å². The predicted octanol–water partition coefficient (Wildman–Crippen LogP) is 3.65. The second kappa shape index (κ2) is 5.04. The van der Waals surface area contributed by atoms with E-state index in [0.29, 0.717) is 6.42 Å². The van der Waals surface area contributed by atoms with Gasteiger partial charge in [-0.15, -0.1) is 12.3 Å². The Morgan fingerprint density at radius 3 is 2.12 bits per heavy atom. The lowest BCUT2D eigenvalue weighted by molar-refractivity contribution is 0.482. The standard InChI is InChI=1S/C15H12O/c1-2-6-13-9-11-15(12-10-13)16-14-7-4-3-5-8-14/h1,3-5,7-12H,6H2. The van der Waals surface area contributed by atoms with Crippen LogP contribution in [0, 0.1) is 12.3 Å². The van der Waals surface area contributed by atoms with Crippen LogP contribution in [-0.4, -0.2) is 0 Å². The average molecular weight is 208 g/mol. The van der Waals surface area contributed by atoms with Crippen molar-refractivity contribution in [3.8, 4) is 23.8 Å². The third-order valence-electron chi connectivity index (χ3n) is 2.21. The van der Waals surface area contributed by atoms with E-state index in [0.717, 1.165) is 17.1 Å². The summed E-state index contributed by atoms with van der Waals surface area (Å²) < 4.78 is 5.66. The smallest absolute Gasteiger partial charge is 0.127 e. The van der Waals surface area contributed by atoms with E-state index in [9.17, 15) is 0 Å². The number of terminal acetylenes is 1. The summed E-state index contributed by atoms with van der Waals surface area (Å²) in [6.45, 7) is 0. The molecule has 0 fully saturated rings. The van der Waals surface area contributed by atoms with Crippen LogP contribution in [0.15, 0.2) is 54.6 Å². The molecule has 16 heavy (non-hydrogen) atoms. The molecular weight excluding hydrogens is 196 g/mol. The zero-order valence-electron chi connectivity index (χ0n) is 8.89. The summed E-state index contributed by atoms with van der Waals surface area (Å²) in [4.78, 5) is 0. The fourth-order valence-electron chi connectivity index (χ4n) is 1.42. The minimum atomic E-state index is 0.658. The molecule has 0 aliphatic heterocycles. The molecule has 0 saturated carbocycles. The molecule has 0 atom stereocenters. The van der Waals surface area contributed by atoms with E-state index < -0.39 is 0 Å². The van der Waals surface area contributed by atoms with Gasteiger partial charge in [-0.1, -0.05) is 30.3 Å². The number of ether oxygens (including phenoxy) is 1. The maximum absolute atomic E-state index is 5.66. The Morgan fingerprint density at radius 1 is 0.875 bits per heavy atom. The van der Waals surface area contributed by atoms with Gasteiger partial charge in [0.15, 0.2) is 0 Å². The summed E-state index contributed by atoms with van der Waals surface area (Å²) in [6, 6.07) is 17.5. The van der Waals surface area contributed by atoms with Crippen molar-refractivity contribution in [3.63, 3.8) is 0 Å². The van der Waals surface area contributed by atoms with Crippen LogP contribution in [-0.2, 0) is 6.42 Å². The van der Waals surface area contributed by atoms with Gasteiger partial charge in [0.2, 0.25) is 0 Å². The summed E-state index contributed by atoms with van der Waals surface area (Å²) in [5.41, 5.74) is 1.13. The van der Waals surface area contributed by atoms with Gasteiger partial charge in [-0.05, 0) is 29.8 Å². The molecule has 0 aliphatic rings. The van der Waals surface area contributed by atoms with Crippen molar-refractivity contribution in [1.29, 1.82) is 0 Å². The van der Waals surface area contributed by atoms with Crippen LogP contribution in [0.3, 0.4) is 0 Å². The molecule has 0 aliphatic carbocycles. The molecule has 2 rings (SSSR count). The number of hydrogen-bond acceptors (Lipinski definition) is 1. The molecule has 0 N–H and O–H groups in total. The highest BCUT2D eigenvalue weighted by Gasteiger charge is 1.96. The summed E-state index contributed by atoms with van der Waals surface area (Å²) in [6.07, 6.45) is 5.90. The monoisotopic (exact) mass is 208 g/mol. The van der Waals surface area contributed by atoms with Crippen LogP contribution in [0.25, 0.3) is 0 Å². The van der Waals surface area contributed by atoms with E-state index in [1.807, 2.05) is 54.6 Å². The van der Waals surface area contributed by atoms with E-state index in [1.54, 1.807) is 0 Å². The van der Waals surface area contributed by atoms with E-state index >= 15 is 0 Å². The van der Waals surface area contributed by atoms with Gasteiger partial charge in [-0.3, -0.25) is 0 Å². The van der Waals surface area contributed by atoms with Crippen molar-refractivity contribution in [1.82, 2.24) is 0 Å². The second-order valence-corrected chi connectivity index (χ2v) is 3.44. The Balaban J connectivity index is 2.09. The molecule has 0 bridgehead atoms. The van der Waals surface area contributed by atoms with Gasteiger partial charge in [-0.2, -0.15) is 0 Å². The third kappa shape index (κ3) is 2.65. The van der Waals surface area contributed by atoms with Crippen LogP contribution >= 0.6 is 0 Å². The fraction of sp³-hybridized carbons (Fsp3) is 0.0667. The first-order chi connectivity index (χ1) is 7.88. The molecule has 0 radical (unpaired) electrons. The van der Waals surface area contributed by atoms with Gasteiger partial charge < -0.3 is 4.74 Å². The molecule has 0 saturated heterocycles. The van der Waals surface area contributed by atoms with Gasteiger partial charge in [-0.25, -0.2) is 0 Å². The maximum Gasteiger partial charge on any atom is 0.127 e. The highest BCUT2D eigenvalue weighted by atomic mass is 16.5. The molecule has 0 amide bonds. The molecule has 78 valence electrons. The molecule has 0 unspecified atom stereocenters. The summed E-state index contributed by atoms with van der Waals surface area (Å²) in [5, 5.41) is 0. The van der Waals surface area contributed by atoms with E-state index in [2.05, 4.69) is 5.92 Å². The zero-order chi connectivity index (χ0) is 11.2. The minimum Gasteiger partial charge on any atom is -0.457 e. The molecule has 0 spiro atoms. The van der Waals surface area contributed by atoms with Crippen LogP contribution < -0.4 is 4.74 Å². The molecule has 1 nitrogen and oxygen atoms in total. The number of para-hydroxylation sites is 1. The highest BCUT2D eigenvalue weighted by molar-refractivity contribution is 5.33. The number of rotatable bonds is 3. The van der Waals surface area contributed by atoms with Crippen molar-refractivity contribution in [2.24, 2.45) is 0 Å². The number of hydrogen-bond donors (Lipinski definition) is 0. The van der Waals surface area contributed by atoms with Gasteiger partial charge in [0.25, 0.3) is 0 Å². The van der Waals surface area contributed by atoms with E-state index in [-0.39, 0.29) is 0 Å². The van der Waals surface area contributed by atoms with E-state index in [1.165, 1.54) is 0 Å². The quantitative estimate of drug-likeness (QED) is 0.699. The first kappa shape index (κ1) is 10.3. The maximum atomic E-state index is 5.66. The normalized spacial score (nSPS) is 9.44. The Morgan fingerprint density at radius 2 is 1.50 bits per heavy atom. The van der Waals surface area contributed by atoms with Crippen molar-refractivity contribution >= 4 is 0 Å².